The summed E-state index contributed by atoms with van der Waals surface area (Å²) in [4.78, 5) is 19.3. The van der Waals surface area contributed by atoms with E-state index in [0.29, 0.717) is 27.4 Å². The first-order valence-corrected chi connectivity index (χ1v) is 9.18. The second-order valence-corrected chi connectivity index (χ2v) is 6.92. The number of rotatable bonds is 6. The fourth-order valence-corrected chi connectivity index (χ4v) is 3.29. The van der Waals surface area contributed by atoms with Gasteiger partial charge in [-0.15, -0.1) is 0 Å². The molecule has 0 radical (unpaired) electrons. The highest BCUT2D eigenvalue weighted by molar-refractivity contribution is 6.30. The molecule has 0 unspecified atom stereocenters. The maximum Gasteiger partial charge on any atom is 0.355 e. The number of carboxylic acids is 1. The van der Waals surface area contributed by atoms with Gasteiger partial charge in [-0.3, -0.25) is 0 Å². The van der Waals surface area contributed by atoms with Gasteiger partial charge in [0.2, 0.25) is 0 Å². The van der Waals surface area contributed by atoms with Gasteiger partial charge in [0.25, 0.3) is 0 Å². The number of halogens is 3. The van der Waals surface area contributed by atoms with Crippen LogP contribution in [0.4, 0.5) is 8.78 Å². The zero-order valence-electron chi connectivity index (χ0n) is 15.3. The van der Waals surface area contributed by atoms with E-state index in [9.17, 15) is 18.7 Å². The lowest BCUT2D eigenvalue weighted by Crippen LogP contribution is -2.06. The summed E-state index contributed by atoms with van der Waals surface area (Å²) >= 11 is 6.13. The van der Waals surface area contributed by atoms with E-state index >= 15 is 0 Å². The lowest BCUT2D eigenvalue weighted by Gasteiger charge is -2.14. The molecular weight excluding hydrogens is 416 g/mol. The zero-order chi connectivity index (χ0) is 21.3. The van der Waals surface area contributed by atoms with E-state index in [1.54, 1.807) is 35.0 Å². The van der Waals surface area contributed by atoms with Crippen LogP contribution in [0, 0.1) is 11.6 Å². The zero-order valence-corrected chi connectivity index (χ0v) is 16.1. The summed E-state index contributed by atoms with van der Waals surface area (Å²) in [6.07, 6.45) is 2.88. The van der Waals surface area contributed by atoms with Crippen molar-refractivity contribution >= 4 is 28.6 Å². The van der Waals surface area contributed by atoms with Gasteiger partial charge in [-0.2, -0.15) is 0 Å². The van der Waals surface area contributed by atoms with Crippen LogP contribution in [0.1, 0.15) is 21.6 Å². The number of benzene rings is 2. The van der Waals surface area contributed by atoms with Crippen molar-refractivity contribution in [1.29, 1.82) is 0 Å². The summed E-state index contributed by atoms with van der Waals surface area (Å²) in [6.45, 7) is 0.180. The van der Waals surface area contributed by atoms with Crippen LogP contribution in [-0.4, -0.2) is 25.6 Å². The highest BCUT2D eigenvalue weighted by Crippen LogP contribution is 2.27. The van der Waals surface area contributed by atoms with Crippen LogP contribution in [0.25, 0.3) is 11.0 Å². The molecule has 0 aliphatic heterocycles. The summed E-state index contributed by atoms with van der Waals surface area (Å²) in [5.74, 6) is -2.05. The Bertz CT molecular complexity index is 1260. The quantitative estimate of drug-likeness (QED) is 0.481. The predicted octanol–water partition coefficient (Wildman–Crippen LogP) is 4.69. The number of hydrogen-bond donors (Lipinski definition) is 1. The first-order valence-electron chi connectivity index (χ1n) is 8.80. The summed E-state index contributed by atoms with van der Waals surface area (Å²) < 4.78 is 34.5. The van der Waals surface area contributed by atoms with Gasteiger partial charge >= 0.3 is 5.97 Å². The molecule has 0 atom stereocenters. The molecule has 2 heterocycles. The minimum atomic E-state index is -1.15. The first kappa shape index (κ1) is 19.8. The number of ether oxygens (including phenoxy) is 1. The van der Waals surface area contributed by atoms with E-state index < -0.39 is 17.6 Å². The van der Waals surface area contributed by atoms with Crippen molar-refractivity contribution in [2.45, 2.75) is 13.2 Å². The average Bonchev–Trinajstić information content (AvgIpc) is 3.11. The second-order valence-electron chi connectivity index (χ2n) is 6.48. The highest BCUT2D eigenvalue weighted by atomic mass is 35.5. The van der Waals surface area contributed by atoms with Crippen molar-refractivity contribution in [2.24, 2.45) is 0 Å². The monoisotopic (exact) mass is 429 g/mol. The molecule has 9 heteroatoms. The number of carbonyl (C=O) groups is 1. The Balaban J connectivity index is 1.64. The van der Waals surface area contributed by atoms with Gasteiger partial charge in [-0.25, -0.2) is 23.5 Å². The lowest BCUT2D eigenvalue weighted by molar-refractivity contribution is 0.0692. The molecule has 2 aromatic carbocycles. The van der Waals surface area contributed by atoms with Gasteiger partial charge in [-0.1, -0.05) is 11.6 Å². The molecule has 0 aliphatic carbocycles. The fraction of sp³-hybridized carbons (Fsp3) is 0.0952. The Morgan fingerprint density at radius 3 is 2.70 bits per heavy atom. The molecule has 4 rings (SSSR count). The van der Waals surface area contributed by atoms with Crippen LogP contribution in [0.3, 0.4) is 0 Å². The van der Waals surface area contributed by atoms with Gasteiger partial charge in [0.05, 0.1) is 11.9 Å². The van der Waals surface area contributed by atoms with Crippen molar-refractivity contribution in [3.63, 3.8) is 0 Å². The van der Waals surface area contributed by atoms with Gasteiger partial charge in [0, 0.05) is 28.4 Å². The third-order valence-corrected chi connectivity index (χ3v) is 4.76. The molecule has 0 saturated heterocycles. The summed E-state index contributed by atoms with van der Waals surface area (Å²) in [6, 6.07) is 9.90. The maximum absolute atomic E-state index is 13.9. The largest absolute Gasteiger partial charge is 0.488 e. The molecule has 0 aliphatic rings. The fourth-order valence-electron chi connectivity index (χ4n) is 3.09. The predicted molar refractivity (Wildman–Crippen MR) is 106 cm³/mol. The number of fused-ring (bicyclic) bond motifs is 1. The molecule has 152 valence electrons. The molecule has 6 nitrogen and oxygen atoms in total. The van der Waals surface area contributed by atoms with Crippen LogP contribution in [0.5, 0.6) is 5.75 Å². The van der Waals surface area contributed by atoms with Crippen molar-refractivity contribution < 1.29 is 23.4 Å². The molecule has 0 amide bonds. The van der Waals surface area contributed by atoms with Crippen LogP contribution in [-0.2, 0) is 13.2 Å². The topological polar surface area (TPSA) is 77.2 Å². The average molecular weight is 430 g/mol. The van der Waals surface area contributed by atoms with Crippen molar-refractivity contribution in [3.8, 4) is 5.75 Å². The van der Waals surface area contributed by atoms with Gasteiger partial charge in [-0.05, 0) is 36.4 Å². The van der Waals surface area contributed by atoms with Crippen LogP contribution >= 0.6 is 11.6 Å². The second kappa shape index (κ2) is 8.08. The normalized spacial score (nSPS) is 11.0. The molecule has 4 aromatic rings. The first-order chi connectivity index (χ1) is 14.4. The Kier molecular flexibility index (Phi) is 5.33. The summed E-state index contributed by atoms with van der Waals surface area (Å²) in [7, 11) is 0. The molecule has 2 aromatic heterocycles. The smallest absolute Gasteiger partial charge is 0.355 e. The van der Waals surface area contributed by atoms with Crippen LogP contribution in [0.2, 0.25) is 5.02 Å². The Morgan fingerprint density at radius 2 is 1.93 bits per heavy atom. The van der Waals surface area contributed by atoms with Gasteiger partial charge < -0.3 is 14.4 Å². The summed E-state index contributed by atoms with van der Waals surface area (Å²) in [5.41, 5.74) is 1.24. The minimum Gasteiger partial charge on any atom is -0.488 e. The molecule has 30 heavy (non-hydrogen) atoms. The van der Waals surface area contributed by atoms with E-state index in [4.69, 9.17) is 16.3 Å². The van der Waals surface area contributed by atoms with E-state index in [1.165, 1.54) is 12.4 Å². The number of carboxylic acid groups (broad SMARTS) is 1. The van der Waals surface area contributed by atoms with Crippen LogP contribution < -0.4 is 4.74 Å². The molecular formula is C21H14ClF2N3O3. The van der Waals surface area contributed by atoms with E-state index in [1.807, 2.05) is 0 Å². The lowest BCUT2D eigenvalue weighted by atomic mass is 10.2. The van der Waals surface area contributed by atoms with Crippen molar-refractivity contribution in [1.82, 2.24) is 14.5 Å². The van der Waals surface area contributed by atoms with E-state index in [2.05, 4.69) is 9.97 Å². The van der Waals surface area contributed by atoms with Crippen LogP contribution in [0.15, 0.2) is 55.0 Å². The number of aromatic carboxylic acids is 1. The maximum atomic E-state index is 13.9. The third-order valence-electron chi connectivity index (χ3n) is 4.52. The van der Waals surface area contributed by atoms with E-state index in [0.717, 1.165) is 12.1 Å². The molecule has 0 bridgehead atoms. The molecule has 0 spiro atoms. The summed E-state index contributed by atoms with van der Waals surface area (Å²) in [5, 5.41) is 10.2. The standard InChI is InChI=1S/C21H14ClF2N3O3/c22-14-2-4-18(30-10-12-1-3-15(23)8-17(12)24)13(7-14)9-27-6-5-16-19(21(28)29)25-11-26-20(16)27/h1-8,11H,9-10H2,(H,28,29). The highest BCUT2D eigenvalue weighted by Gasteiger charge is 2.15. The van der Waals surface area contributed by atoms with Crippen molar-refractivity contribution in [3.05, 3.63) is 88.5 Å². The third kappa shape index (κ3) is 3.95. The van der Waals surface area contributed by atoms with Gasteiger partial charge in [0.1, 0.15) is 36.0 Å². The van der Waals surface area contributed by atoms with Crippen molar-refractivity contribution in [2.75, 3.05) is 0 Å². The molecule has 0 saturated carbocycles. The van der Waals surface area contributed by atoms with E-state index in [-0.39, 0.29) is 24.4 Å². The number of aromatic nitrogens is 3. The number of hydrogen-bond acceptors (Lipinski definition) is 4. The SMILES string of the molecule is O=C(O)c1ncnc2c1ccn2Cc1cc(Cl)ccc1OCc1ccc(F)cc1F. The Labute approximate surface area is 174 Å². The molecule has 0 fully saturated rings. The Hall–Kier alpha value is -3.52. The molecule has 1 N–H and O–H groups in total. The number of nitrogens with zero attached hydrogens (tertiary/aromatic N) is 3. The minimum absolute atomic E-state index is 0.0897. The Morgan fingerprint density at radius 1 is 1.10 bits per heavy atom. The van der Waals surface area contributed by atoms with Gasteiger partial charge in [0.15, 0.2) is 5.69 Å².